The first-order valence-corrected chi connectivity index (χ1v) is 9.81. The minimum absolute atomic E-state index is 0.260. The number of rotatable bonds is 5. The van der Waals surface area contributed by atoms with Crippen molar-refractivity contribution in [3.63, 3.8) is 0 Å². The Morgan fingerprint density at radius 3 is 2.41 bits per heavy atom. The van der Waals surface area contributed by atoms with Crippen LogP contribution in [0.2, 0.25) is 5.02 Å². The van der Waals surface area contributed by atoms with E-state index in [9.17, 15) is 26.4 Å². The lowest BCUT2D eigenvalue weighted by atomic mass is 10.2. The van der Waals surface area contributed by atoms with Gasteiger partial charge < -0.3 is 5.32 Å². The molecule has 0 aromatic heterocycles. The molecule has 0 aliphatic carbocycles. The number of anilines is 2. The van der Waals surface area contributed by atoms with E-state index in [1.165, 1.54) is 12.1 Å². The zero-order chi connectivity index (χ0) is 20.4. The van der Waals surface area contributed by atoms with Gasteiger partial charge in [-0.15, -0.1) is 0 Å². The molecule has 0 unspecified atom stereocenters. The SMILES string of the molecule is Cc1ccc(NC(=O)CN(c2cccc(C(F)(F)F)c2)S(C)(=O)=O)cc1Cl. The van der Waals surface area contributed by atoms with E-state index in [0.717, 1.165) is 24.0 Å². The number of hydrogen-bond acceptors (Lipinski definition) is 3. The molecule has 5 nitrogen and oxygen atoms in total. The van der Waals surface area contributed by atoms with Crippen molar-refractivity contribution >= 4 is 38.9 Å². The van der Waals surface area contributed by atoms with Gasteiger partial charge in [0, 0.05) is 10.7 Å². The Labute approximate surface area is 159 Å². The molecule has 0 saturated carbocycles. The van der Waals surface area contributed by atoms with E-state index in [2.05, 4.69) is 5.32 Å². The minimum atomic E-state index is -4.64. The summed E-state index contributed by atoms with van der Waals surface area (Å²) in [5, 5.41) is 2.88. The molecule has 0 fully saturated rings. The molecule has 0 heterocycles. The van der Waals surface area contributed by atoms with Gasteiger partial charge in [0.05, 0.1) is 17.5 Å². The largest absolute Gasteiger partial charge is 0.416 e. The molecule has 0 aliphatic rings. The van der Waals surface area contributed by atoms with Crippen LogP contribution in [0.5, 0.6) is 0 Å². The molecule has 0 spiro atoms. The molecule has 27 heavy (non-hydrogen) atoms. The van der Waals surface area contributed by atoms with E-state index in [-0.39, 0.29) is 5.69 Å². The molecule has 2 rings (SSSR count). The van der Waals surface area contributed by atoms with Crippen LogP contribution in [0, 0.1) is 6.92 Å². The van der Waals surface area contributed by atoms with Crippen LogP contribution in [-0.2, 0) is 21.0 Å². The van der Waals surface area contributed by atoms with Gasteiger partial charge in [0.2, 0.25) is 15.9 Å². The summed E-state index contributed by atoms with van der Waals surface area (Å²) < 4.78 is 63.3. The lowest BCUT2D eigenvalue weighted by Crippen LogP contribution is -2.37. The summed E-state index contributed by atoms with van der Waals surface area (Å²) in [5.74, 6) is -0.724. The lowest BCUT2D eigenvalue weighted by Gasteiger charge is -2.23. The summed E-state index contributed by atoms with van der Waals surface area (Å²) >= 11 is 5.97. The summed E-state index contributed by atoms with van der Waals surface area (Å²) in [5.41, 5.74) is -0.145. The van der Waals surface area contributed by atoms with E-state index in [1.54, 1.807) is 19.1 Å². The number of amides is 1. The quantitative estimate of drug-likeness (QED) is 0.792. The van der Waals surface area contributed by atoms with Crippen molar-refractivity contribution in [2.75, 3.05) is 22.4 Å². The molecule has 1 N–H and O–H groups in total. The molecule has 0 saturated heterocycles. The molecule has 2 aromatic rings. The molecule has 0 bridgehead atoms. The number of halogens is 4. The normalized spacial score (nSPS) is 11.9. The first-order valence-electron chi connectivity index (χ1n) is 7.59. The molecule has 10 heteroatoms. The Morgan fingerprint density at radius 2 is 1.85 bits per heavy atom. The molecule has 1 amide bonds. The summed E-state index contributed by atoms with van der Waals surface area (Å²) in [4.78, 5) is 12.2. The van der Waals surface area contributed by atoms with Crippen LogP contribution in [0.25, 0.3) is 0 Å². The van der Waals surface area contributed by atoms with Crippen molar-refractivity contribution < 1.29 is 26.4 Å². The number of nitrogens with one attached hydrogen (secondary N) is 1. The van der Waals surface area contributed by atoms with Crippen LogP contribution >= 0.6 is 11.6 Å². The second kappa shape index (κ2) is 7.77. The molecular weight excluding hydrogens is 405 g/mol. The highest BCUT2D eigenvalue weighted by atomic mass is 35.5. The van der Waals surface area contributed by atoms with Gasteiger partial charge in [-0.1, -0.05) is 23.7 Å². The highest BCUT2D eigenvalue weighted by Gasteiger charge is 2.32. The third kappa shape index (κ3) is 5.61. The van der Waals surface area contributed by atoms with Crippen LogP contribution in [0.4, 0.5) is 24.5 Å². The Kier molecular flexibility index (Phi) is 6.06. The molecule has 146 valence electrons. The van der Waals surface area contributed by atoms with E-state index in [1.807, 2.05) is 0 Å². The Balaban J connectivity index is 2.27. The molecule has 0 atom stereocenters. The topological polar surface area (TPSA) is 66.5 Å². The highest BCUT2D eigenvalue weighted by molar-refractivity contribution is 7.92. The predicted octanol–water partition coefficient (Wildman–Crippen LogP) is 4.07. The van der Waals surface area contributed by atoms with Crippen molar-refractivity contribution in [1.29, 1.82) is 0 Å². The fourth-order valence-corrected chi connectivity index (χ4v) is 3.27. The fraction of sp³-hybridized carbons (Fsp3) is 0.235. The summed E-state index contributed by atoms with van der Waals surface area (Å²) in [6.45, 7) is 1.08. The Hall–Kier alpha value is -2.26. The van der Waals surface area contributed by atoms with Gasteiger partial charge in [-0.2, -0.15) is 13.2 Å². The van der Waals surface area contributed by atoms with E-state index >= 15 is 0 Å². The maximum Gasteiger partial charge on any atom is 0.416 e. The fourth-order valence-electron chi connectivity index (χ4n) is 2.24. The van der Waals surface area contributed by atoms with Crippen molar-refractivity contribution in [3.8, 4) is 0 Å². The molecule has 0 aliphatic heterocycles. The average molecular weight is 421 g/mol. The van der Waals surface area contributed by atoms with E-state index in [4.69, 9.17) is 11.6 Å². The second-order valence-electron chi connectivity index (χ2n) is 5.83. The third-order valence-electron chi connectivity index (χ3n) is 3.60. The molecular formula is C17H16ClF3N2O3S. The van der Waals surface area contributed by atoms with Crippen LogP contribution in [0.1, 0.15) is 11.1 Å². The maximum atomic E-state index is 12.9. The van der Waals surface area contributed by atoms with Gasteiger partial charge in [0.15, 0.2) is 0 Å². The second-order valence-corrected chi connectivity index (χ2v) is 8.14. The minimum Gasteiger partial charge on any atom is -0.324 e. The van der Waals surface area contributed by atoms with Crippen LogP contribution in [0.3, 0.4) is 0 Å². The van der Waals surface area contributed by atoms with Gasteiger partial charge in [0.25, 0.3) is 0 Å². The zero-order valence-corrected chi connectivity index (χ0v) is 15.9. The molecule has 0 radical (unpaired) electrons. The van der Waals surface area contributed by atoms with Crippen molar-refractivity contribution in [2.45, 2.75) is 13.1 Å². The summed E-state index contributed by atoms with van der Waals surface area (Å²) in [6, 6.07) is 8.49. The van der Waals surface area contributed by atoms with Gasteiger partial charge in [-0.25, -0.2) is 8.42 Å². The Morgan fingerprint density at radius 1 is 1.19 bits per heavy atom. The number of nitrogens with zero attached hydrogens (tertiary/aromatic N) is 1. The number of benzene rings is 2. The standard InChI is InChI=1S/C17H16ClF3N2O3S/c1-11-6-7-13(9-15(11)18)22-16(24)10-23(27(2,25)26)14-5-3-4-12(8-14)17(19,20)21/h3-9H,10H2,1-2H3,(H,22,24). The van der Waals surface area contributed by atoms with Gasteiger partial charge in [-0.05, 0) is 42.8 Å². The van der Waals surface area contributed by atoms with Crippen LogP contribution in [0.15, 0.2) is 42.5 Å². The molecule has 2 aromatic carbocycles. The predicted molar refractivity (Wildman–Crippen MR) is 98.5 cm³/mol. The first-order chi connectivity index (χ1) is 12.4. The van der Waals surface area contributed by atoms with Crippen molar-refractivity contribution in [2.24, 2.45) is 0 Å². The van der Waals surface area contributed by atoms with Crippen molar-refractivity contribution in [1.82, 2.24) is 0 Å². The van der Waals surface area contributed by atoms with Crippen LogP contribution in [-0.4, -0.2) is 27.1 Å². The van der Waals surface area contributed by atoms with Gasteiger partial charge >= 0.3 is 6.18 Å². The van der Waals surface area contributed by atoms with E-state index in [0.29, 0.717) is 21.1 Å². The van der Waals surface area contributed by atoms with E-state index < -0.39 is 34.2 Å². The monoisotopic (exact) mass is 420 g/mol. The number of sulfonamides is 1. The number of alkyl halides is 3. The third-order valence-corrected chi connectivity index (χ3v) is 5.15. The number of aryl methyl sites for hydroxylation is 1. The number of carbonyl (C=O) groups excluding carboxylic acids is 1. The summed E-state index contributed by atoms with van der Waals surface area (Å²) in [7, 11) is -4.00. The van der Waals surface area contributed by atoms with Gasteiger partial charge in [0.1, 0.15) is 6.54 Å². The summed E-state index contributed by atoms with van der Waals surface area (Å²) in [6.07, 6.45) is -3.83. The smallest absolute Gasteiger partial charge is 0.324 e. The van der Waals surface area contributed by atoms with Crippen molar-refractivity contribution in [3.05, 3.63) is 58.6 Å². The highest BCUT2D eigenvalue weighted by Crippen LogP contribution is 2.32. The first kappa shape index (κ1) is 21.0. The Bertz CT molecular complexity index is 962. The zero-order valence-electron chi connectivity index (χ0n) is 14.3. The average Bonchev–Trinajstić information content (AvgIpc) is 2.54. The number of hydrogen-bond donors (Lipinski definition) is 1. The van der Waals surface area contributed by atoms with Crippen LogP contribution < -0.4 is 9.62 Å². The number of carbonyl (C=O) groups is 1. The maximum absolute atomic E-state index is 12.9. The van der Waals surface area contributed by atoms with Gasteiger partial charge in [-0.3, -0.25) is 9.10 Å². The lowest BCUT2D eigenvalue weighted by molar-refractivity contribution is -0.137.